The normalized spacial score (nSPS) is 19.9. The Labute approximate surface area is 195 Å². The molecule has 8 nitrogen and oxygen atoms in total. The first-order valence-electron chi connectivity index (χ1n) is 11.0. The summed E-state index contributed by atoms with van der Waals surface area (Å²) in [7, 11) is 0. The summed E-state index contributed by atoms with van der Waals surface area (Å²) in [5, 5.41) is 8.79. The molecule has 2 fully saturated rings. The molecule has 0 radical (unpaired) electrons. The first-order valence-corrected chi connectivity index (χ1v) is 11.0. The summed E-state index contributed by atoms with van der Waals surface area (Å²) in [6.07, 6.45) is 1.58. The average molecular weight is 460 g/mol. The number of halogens is 1. The number of piperidine rings is 1. The van der Waals surface area contributed by atoms with Crippen LogP contribution in [-0.4, -0.2) is 55.1 Å². The van der Waals surface area contributed by atoms with Crippen molar-refractivity contribution >= 4 is 29.3 Å². The molecule has 3 aliphatic rings. The van der Waals surface area contributed by atoms with Gasteiger partial charge in [0.25, 0.3) is 11.8 Å². The minimum atomic E-state index is -0.718. The molecule has 2 aromatic carbocycles. The summed E-state index contributed by atoms with van der Waals surface area (Å²) in [5.41, 5.74) is 2.51. The first-order chi connectivity index (χ1) is 16.5. The van der Waals surface area contributed by atoms with Crippen LogP contribution in [0.15, 0.2) is 54.1 Å². The molecule has 0 bridgehead atoms. The number of allylic oxidation sites excluding steroid dienone is 1. The minimum Gasteiger partial charge on any atom is -0.442 e. The Balaban J connectivity index is 1.26. The number of imide groups is 1. The molecule has 2 saturated heterocycles. The van der Waals surface area contributed by atoms with Gasteiger partial charge in [-0.1, -0.05) is 17.7 Å². The van der Waals surface area contributed by atoms with Gasteiger partial charge in [0, 0.05) is 19.2 Å². The van der Waals surface area contributed by atoms with E-state index in [-0.39, 0.29) is 13.1 Å². The molecule has 0 aliphatic carbocycles. The Bertz CT molecular complexity index is 1220. The van der Waals surface area contributed by atoms with Crippen LogP contribution in [-0.2, 0) is 4.74 Å². The van der Waals surface area contributed by atoms with Crippen molar-refractivity contribution < 1.29 is 23.5 Å². The maximum atomic E-state index is 15.0. The van der Waals surface area contributed by atoms with E-state index in [0.29, 0.717) is 48.4 Å². The van der Waals surface area contributed by atoms with Crippen LogP contribution in [0.25, 0.3) is 0 Å². The lowest BCUT2D eigenvalue weighted by atomic mass is 10.0. The van der Waals surface area contributed by atoms with Crippen LogP contribution >= 0.6 is 0 Å². The Kier molecular flexibility index (Phi) is 5.49. The molecule has 0 spiro atoms. The molecular formula is C25H21FN4O4. The molecule has 1 atom stereocenters. The summed E-state index contributed by atoms with van der Waals surface area (Å²) < 4.78 is 20.3. The van der Waals surface area contributed by atoms with E-state index in [9.17, 15) is 18.8 Å². The fraction of sp³-hybridized carbons (Fsp3) is 0.280. The Hall–Kier alpha value is -4.19. The van der Waals surface area contributed by atoms with Crippen LogP contribution in [0.4, 0.5) is 20.6 Å². The third-order valence-electron chi connectivity index (χ3n) is 6.40. The highest BCUT2D eigenvalue weighted by Gasteiger charge is 2.40. The lowest BCUT2D eigenvalue weighted by Gasteiger charge is -2.30. The predicted octanol–water partition coefficient (Wildman–Crippen LogP) is 3.50. The molecule has 0 N–H and O–H groups in total. The van der Waals surface area contributed by atoms with Gasteiger partial charge in [-0.15, -0.1) is 0 Å². The van der Waals surface area contributed by atoms with Crippen molar-refractivity contribution in [3.05, 3.63) is 71.1 Å². The van der Waals surface area contributed by atoms with Crippen LogP contribution in [0.3, 0.4) is 0 Å². The Morgan fingerprint density at radius 1 is 1.06 bits per heavy atom. The van der Waals surface area contributed by atoms with Crippen molar-refractivity contribution in [1.29, 1.82) is 5.26 Å². The highest BCUT2D eigenvalue weighted by atomic mass is 19.1. The number of benzene rings is 2. The molecule has 9 heteroatoms. The molecule has 34 heavy (non-hydrogen) atoms. The fourth-order valence-corrected chi connectivity index (χ4v) is 4.63. The smallest absolute Gasteiger partial charge is 0.414 e. The second-order valence-electron chi connectivity index (χ2n) is 8.44. The number of hydrogen-bond donors (Lipinski definition) is 0. The Morgan fingerprint density at radius 2 is 1.74 bits per heavy atom. The van der Waals surface area contributed by atoms with Crippen molar-refractivity contribution in [3.63, 3.8) is 0 Å². The van der Waals surface area contributed by atoms with Crippen molar-refractivity contribution in [2.24, 2.45) is 0 Å². The topological polar surface area (TPSA) is 94.0 Å². The molecule has 0 aromatic heterocycles. The van der Waals surface area contributed by atoms with E-state index in [1.807, 2.05) is 11.0 Å². The van der Waals surface area contributed by atoms with Gasteiger partial charge in [0.05, 0.1) is 41.7 Å². The summed E-state index contributed by atoms with van der Waals surface area (Å²) in [6, 6.07) is 13.2. The summed E-state index contributed by atoms with van der Waals surface area (Å²) in [6.45, 7) is 1.24. The van der Waals surface area contributed by atoms with E-state index in [1.54, 1.807) is 42.5 Å². The number of nitriles is 1. The molecule has 0 saturated carbocycles. The van der Waals surface area contributed by atoms with Gasteiger partial charge in [-0.05, 0) is 43.2 Å². The standard InChI is InChI=1S/C25H21FN4O4/c26-21-13-17(5-6-22(21)28-11-8-16(7-10-27)9-12-28)29-14-18(34-25(29)33)15-30-23(31)19-3-1-2-4-20(19)24(30)32/h1-7,13,18H,8-9,11-12,14-15H2/t18-/m1/s1. The van der Waals surface area contributed by atoms with Crippen molar-refractivity contribution in [3.8, 4) is 6.07 Å². The molecule has 0 unspecified atom stereocenters. The predicted molar refractivity (Wildman–Crippen MR) is 121 cm³/mol. The van der Waals surface area contributed by atoms with Gasteiger partial charge < -0.3 is 9.64 Å². The number of carbonyl (C=O) groups is 3. The molecule has 3 aliphatic heterocycles. The second kappa shape index (κ2) is 8.63. The zero-order valence-corrected chi connectivity index (χ0v) is 18.2. The Morgan fingerprint density at radius 3 is 2.35 bits per heavy atom. The lowest BCUT2D eigenvalue weighted by Crippen LogP contribution is -2.38. The van der Waals surface area contributed by atoms with Gasteiger partial charge in [0.2, 0.25) is 0 Å². The highest BCUT2D eigenvalue weighted by Crippen LogP contribution is 2.31. The monoisotopic (exact) mass is 460 g/mol. The summed E-state index contributed by atoms with van der Waals surface area (Å²) in [4.78, 5) is 42.0. The van der Waals surface area contributed by atoms with E-state index in [1.165, 1.54) is 11.0 Å². The van der Waals surface area contributed by atoms with Gasteiger partial charge in [-0.3, -0.25) is 19.4 Å². The van der Waals surface area contributed by atoms with Crippen molar-refractivity contribution in [2.45, 2.75) is 18.9 Å². The number of anilines is 2. The zero-order valence-electron chi connectivity index (χ0n) is 18.2. The van der Waals surface area contributed by atoms with Crippen LogP contribution in [0, 0.1) is 17.1 Å². The van der Waals surface area contributed by atoms with Crippen LogP contribution in [0.2, 0.25) is 0 Å². The average Bonchev–Trinajstić information content (AvgIpc) is 3.33. The van der Waals surface area contributed by atoms with Gasteiger partial charge >= 0.3 is 6.09 Å². The molecular weight excluding hydrogens is 439 g/mol. The van der Waals surface area contributed by atoms with Crippen molar-refractivity contribution in [2.75, 3.05) is 36.0 Å². The minimum absolute atomic E-state index is 0.0680. The molecule has 5 rings (SSSR count). The number of hydrogen-bond acceptors (Lipinski definition) is 6. The first kappa shape index (κ1) is 21.6. The molecule has 2 aromatic rings. The molecule has 3 amide bonds. The number of fused-ring (bicyclic) bond motifs is 1. The third-order valence-corrected chi connectivity index (χ3v) is 6.40. The quantitative estimate of drug-likeness (QED) is 0.512. The maximum absolute atomic E-state index is 15.0. The molecule has 3 heterocycles. The molecule has 172 valence electrons. The summed E-state index contributed by atoms with van der Waals surface area (Å²) in [5.74, 6) is -1.29. The zero-order chi connectivity index (χ0) is 23.8. The lowest BCUT2D eigenvalue weighted by molar-refractivity contribution is 0.0558. The van der Waals surface area contributed by atoms with Gasteiger partial charge in [0.15, 0.2) is 0 Å². The number of carbonyl (C=O) groups excluding carboxylic acids is 3. The van der Waals surface area contributed by atoms with Gasteiger partial charge in [0.1, 0.15) is 11.9 Å². The summed E-state index contributed by atoms with van der Waals surface area (Å²) >= 11 is 0. The van der Waals surface area contributed by atoms with E-state index in [2.05, 4.69) is 0 Å². The van der Waals surface area contributed by atoms with Gasteiger partial charge in [-0.2, -0.15) is 5.26 Å². The van der Waals surface area contributed by atoms with Crippen molar-refractivity contribution in [1.82, 2.24) is 4.90 Å². The number of cyclic esters (lactones) is 1. The van der Waals surface area contributed by atoms with Crippen LogP contribution in [0.1, 0.15) is 33.6 Å². The van der Waals surface area contributed by atoms with E-state index >= 15 is 0 Å². The highest BCUT2D eigenvalue weighted by molar-refractivity contribution is 6.21. The number of amides is 3. The fourth-order valence-electron chi connectivity index (χ4n) is 4.63. The van der Waals surface area contributed by atoms with Gasteiger partial charge in [-0.25, -0.2) is 9.18 Å². The van der Waals surface area contributed by atoms with E-state index in [0.717, 1.165) is 10.5 Å². The second-order valence-corrected chi connectivity index (χ2v) is 8.44. The maximum Gasteiger partial charge on any atom is 0.414 e. The van der Waals surface area contributed by atoms with E-state index in [4.69, 9.17) is 10.00 Å². The number of nitrogens with zero attached hydrogens (tertiary/aromatic N) is 4. The number of ether oxygens (including phenoxy) is 1. The number of rotatable bonds is 4. The van der Waals surface area contributed by atoms with E-state index < -0.39 is 29.8 Å². The largest absolute Gasteiger partial charge is 0.442 e. The van der Waals surface area contributed by atoms with Crippen LogP contribution < -0.4 is 9.80 Å². The van der Waals surface area contributed by atoms with Crippen LogP contribution in [0.5, 0.6) is 0 Å². The third kappa shape index (κ3) is 3.77. The SMILES string of the molecule is N#CC=C1CCN(c2ccc(N3C[C@H](CN4C(=O)c5ccccc5C4=O)OC3=O)cc2F)CC1.